The summed E-state index contributed by atoms with van der Waals surface area (Å²) >= 11 is 0. The minimum absolute atomic E-state index is 0.0423. The number of aromatic nitrogens is 1. The second kappa shape index (κ2) is 4.95. The number of hydrogen-bond donors (Lipinski definition) is 1. The maximum absolute atomic E-state index is 12.1. The summed E-state index contributed by atoms with van der Waals surface area (Å²) in [4.78, 5) is 26.7. The van der Waals surface area contributed by atoms with Crippen molar-refractivity contribution in [2.45, 2.75) is 19.8 Å². The van der Waals surface area contributed by atoms with Crippen LogP contribution in [0.15, 0.2) is 29.5 Å². The normalized spacial score (nSPS) is 18.9. The van der Waals surface area contributed by atoms with E-state index in [0.717, 1.165) is 0 Å². The molecule has 2 rings (SSSR count). The zero-order valence-electron chi connectivity index (χ0n) is 9.91. The molecule has 1 unspecified atom stereocenters. The predicted molar refractivity (Wildman–Crippen MR) is 65.2 cm³/mol. The molecule has 1 aliphatic heterocycles. The number of pyridine rings is 1. The van der Waals surface area contributed by atoms with E-state index in [2.05, 4.69) is 10.1 Å². The van der Waals surface area contributed by atoms with Gasteiger partial charge in [-0.15, -0.1) is 0 Å². The maximum Gasteiger partial charge on any atom is 0.303 e. The summed E-state index contributed by atoms with van der Waals surface area (Å²) in [6, 6.07) is 5.21. The number of anilines is 1. The summed E-state index contributed by atoms with van der Waals surface area (Å²) in [5, 5.41) is 14.0. The van der Waals surface area contributed by atoms with E-state index < -0.39 is 11.9 Å². The molecule has 6 heteroatoms. The summed E-state index contributed by atoms with van der Waals surface area (Å²) in [5.74, 6) is -1.12. The van der Waals surface area contributed by atoms with Crippen LogP contribution in [0.2, 0.25) is 0 Å². The van der Waals surface area contributed by atoms with E-state index in [-0.39, 0.29) is 18.7 Å². The molecule has 18 heavy (non-hydrogen) atoms. The Hall–Kier alpha value is -2.24. The van der Waals surface area contributed by atoms with Gasteiger partial charge < -0.3 is 5.11 Å². The number of carbonyl (C=O) groups excluding carboxylic acids is 1. The third-order valence-corrected chi connectivity index (χ3v) is 2.78. The van der Waals surface area contributed by atoms with Crippen molar-refractivity contribution in [2.24, 2.45) is 11.0 Å². The summed E-state index contributed by atoms with van der Waals surface area (Å²) in [5.41, 5.74) is 0.631. The van der Waals surface area contributed by atoms with Crippen molar-refractivity contribution >= 4 is 23.4 Å². The molecule has 1 aliphatic rings. The number of amides is 1. The largest absolute Gasteiger partial charge is 0.481 e. The quantitative estimate of drug-likeness (QED) is 0.868. The van der Waals surface area contributed by atoms with Crippen LogP contribution in [-0.4, -0.2) is 27.7 Å². The number of hydrogen-bond acceptors (Lipinski definition) is 4. The lowest BCUT2D eigenvalue weighted by molar-refractivity contribution is -0.137. The van der Waals surface area contributed by atoms with Gasteiger partial charge in [-0.25, -0.2) is 4.98 Å². The fraction of sp³-hybridized carbons (Fsp3) is 0.333. The lowest BCUT2D eigenvalue weighted by Crippen LogP contribution is -2.28. The average Bonchev–Trinajstić information content (AvgIpc) is 2.63. The first-order chi connectivity index (χ1) is 8.59. The number of carboxylic acid groups (broad SMARTS) is 1. The maximum atomic E-state index is 12.1. The van der Waals surface area contributed by atoms with Crippen LogP contribution >= 0.6 is 0 Å². The Kier molecular flexibility index (Phi) is 3.36. The molecule has 0 bridgehead atoms. The van der Waals surface area contributed by atoms with Crippen molar-refractivity contribution in [2.75, 3.05) is 5.01 Å². The van der Waals surface area contributed by atoms with Crippen LogP contribution in [0.5, 0.6) is 0 Å². The molecule has 0 spiro atoms. The second-order valence-corrected chi connectivity index (χ2v) is 4.06. The Morgan fingerprint density at radius 2 is 2.28 bits per heavy atom. The first kappa shape index (κ1) is 12.2. The molecular formula is C12H13N3O3. The lowest BCUT2D eigenvalue weighted by Gasteiger charge is -2.12. The third kappa shape index (κ3) is 2.37. The summed E-state index contributed by atoms with van der Waals surface area (Å²) in [7, 11) is 0. The number of carboxylic acids is 1. The van der Waals surface area contributed by atoms with E-state index in [1.165, 1.54) is 5.01 Å². The predicted octanol–water partition coefficient (Wildman–Crippen LogP) is 1.29. The van der Waals surface area contributed by atoms with Gasteiger partial charge in [0.1, 0.15) is 0 Å². The Morgan fingerprint density at radius 3 is 2.89 bits per heavy atom. The molecule has 94 valence electrons. The van der Waals surface area contributed by atoms with Gasteiger partial charge in [-0.3, -0.25) is 9.59 Å². The third-order valence-electron chi connectivity index (χ3n) is 2.78. The molecule has 0 aliphatic carbocycles. The molecule has 1 aromatic rings. The zero-order valence-corrected chi connectivity index (χ0v) is 9.91. The lowest BCUT2D eigenvalue weighted by atomic mass is 9.98. The summed E-state index contributed by atoms with van der Waals surface area (Å²) in [6.07, 6.45) is 1.81. The first-order valence-corrected chi connectivity index (χ1v) is 5.61. The van der Waals surface area contributed by atoms with E-state index >= 15 is 0 Å². The molecule has 0 aromatic carbocycles. The second-order valence-electron chi connectivity index (χ2n) is 4.06. The first-order valence-electron chi connectivity index (χ1n) is 5.61. The number of rotatable bonds is 4. The van der Waals surface area contributed by atoms with Gasteiger partial charge in [0.15, 0.2) is 5.82 Å². The molecule has 1 N–H and O–H groups in total. The van der Waals surface area contributed by atoms with Gasteiger partial charge in [0.2, 0.25) is 0 Å². The van der Waals surface area contributed by atoms with Crippen molar-refractivity contribution < 1.29 is 14.7 Å². The molecule has 0 saturated heterocycles. The van der Waals surface area contributed by atoms with E-state index in [1.807, 2.05) is 0 Å². The van der Waals surface area contributed by atoms with Gasteiger partial charge in [0.25, 0.3) is 5.91 Å². The number of carbonyl (C=O) groups is 2. The SMILES string of the molecule is CC1=NN(c2ccccn2)C(=O)C1CCC(=O)O. The van der Waals surface area contributed by atoms with Gasteiger partial charge in [-0.2, -0.15) is 10.1 Å². The fourth-order valence-electron chi connectivity index (χ4n) is 1.85. The molecule has 1 aromatic heterocycles. The minimum atomic E-state index is -0.910. The monoisotopic (exact) mass is 247 g/mol. The Balaban J connectivity index is 2.14. The van der Waals surface area contributed by atoms with Crippen LogP contribution < -0.4 is 5.01 Å². The highest BCUT2D eigenvalue weighted by Crippen LogP contribution is 2.24. The van der Waals surface area contributed by atoms with Crippen LogP contribution in [0.4, 0.5) is 5.82 Å². The minimum Gasteiger partial charge on any atom is -0.481 e. The molecular weight excluding hydrogens is 234 g/mol. The zero-order chi connectivity index (χ0) is 13.1. The smallest absolute Gasteiger partial charge is 0.303 e. The van der Waals surface area contributed by atoms with Gasteiger partial charge in [0.05, 0.1) is 5.92 Å². The Labute approximate surface area is 104 Å². The molecule has 0 fully saturated rings. The van der Waals surface area contributed by atoms with Crippen LogP contribution in [-0.2, 0) is 9.59 Å². The van der Waals surface area contributed by atoms with Gasteiger partial charge >= 0.3 is 5.97 Å². The van der Waals surface area contributed by atoms with Crippen molar-refractivity contribution in [3.8, 4) is 0 Å². The van der Waals surface area contributed by atoms with E-state index in [9.17, 15) is 9.59 Å². The summed E-state index contributed by atoms with van der Waals surface area (Å²) < 4.78 is 0. The van der Waals surface area contributed by atoms with Crippen molar-refractivity contribution in [1.29, 1.82) is 0 Å². The van der Waals surface area contributed by atoms with E-state index in [1.54, 1.807) is 31.3 Å². The Morgan fingerprint density at radius 1 is 1.50 bits per heavy atom. The topological polar surface area (TPSA) is 82.9 Å². The standard InChI is InChI=1S/C12H13N3O3/c1-8-9(5-6-11(16)17)12(18)15(14-8)10-4-2-3-7-13-10/h2-4,7,9H,5-6H2,1H3,(H,16,17). The highest BCUT2D eigenvalue weighted by Gasteiger charge is 2.34. The number of hydrazone groups is 1. The van der Waals surface area contributed by atoms with Crippen LogP contribution in [0.3, 0.4) is 0 Å². The van der Waals surface area contributed by atoms with E-state index in [0.29, 0.717) is 11.5 Å². The van der Waals surface area contributed by atoms with Crippen LogP contribution in [0.1, 0.15) is 19.8 Å². The van der Waals surface area contributed by atoms with Crippen molar-refractivity contribution in [1.82, 2.24) is 4.98 Å². The van der Waals surface area contributed by atoms with Crippen molar-refractivity contribution in [3.63, 3.8) is 0 Å². The van der Waals surface area contributed by atoms with Gasteiger partial charge in [-0.05, 0) is 25.5 Å². The Bertz CT molecular complexity index is 499. The molecule has 1 atom stereocenters. The molecule has 6 nitrogen and oxygen atoms in total. The molecule has 2 heterocycles. The number of nitrogens with zero attached hydrogens (tertiary/aromatic N) is 3. The molecule has 0 saturated carbocycles. The van der Waals surface area contributed by atoms with Crippen molar-refractivity contribution in [3.05, 3.63) is 24.4 Å². The van der Waals surface area contributed by atoms with Crippen LogP contribution in [0.25, 0.3) is 0 Å². The highest BCUT2D eigenvalue weighted by molar-refractivity contribution is 6.14. The summed E-state index contributed by atoms with van der Waals surface area (Å²) in [6.45, 7) is 1.73. The van der Waals surface area contributed by atoms with Gasteiger partial charge in [-0.1, -0.05) is 6.07 Å². The number of aliphatic carboxylic acids is 1. The highest BCUT2D eigenvalue weighted by atomic mass is 16.4. The molecule has 1 amide bonds. The van der Waals surface area contributed by atoms with Gasteiger partial charge in [0, 0.05) is 18.3 Å². The molecule has 0 radical (unpaired) electrons. The average molecular weight is 247 g/mol. The fourth-order valence-corrected chi connectivity index (χ4v) is 1.85. The van der Waals surface area contributed by atoms with Crippen LogP contribution in [0, 0.1) is 5.92 Å². The van der Waals surface area contributed by atoms with E-state index in [4.69, 9.17) is 5.11 Å².